The number of carboxylic acids is 1. The summed E-state index contributed by atoms with van der Waals surface area (Å²) in [6.45, 7) is 4.77. The first-order valence-corrected chi connectivity index (χ1v) is 5.95. The van der Waals surface area contributed by atoms with Gasteiger partial charge in [0.15, 0.2) is 0 Å². The number of urea groups is 1. The highest BCUT2D eigenvalue weighted by Crippen LogP contribution is 2.08. The van der Waals surface area contributed by atoms with Crippen molar-refractivity contribution in [2.24, 2.45) is 0 Å². The van der Waals surface area contributed by atoms with Gasteiger partial charge in [0.2, 0.25) is 0 Å². The van der Waals surface area contributed by atoms with Crippen molar-refractivity contribution in [3.05, 3.63) is 0 Å². The van der Waals surface area contributed by atoms with E-state index in [0.29, 0.717) is 0 Å². The molecule has 1 rings (SSSR count). The Morgan fingerprint density at radius 3 is 2.76 bits per heavy atom. The van der Waals surface area contributed by atoms with Crippen LogP contribution in [-0.2, 0) is 4.79 Å². The molecule has 2 amide bonds. The Bertz CT molecular complexity index is 283. The Kier molecular flexibility index (Phi) is 5.21. The fraction of sp³-hybridized carbons (Fsp3) is 0.818. The van der Waals surface area contributed by atoms with Gasteiger partial charge in [0.1, 0.15) is 0 Å². The third-order valence-electron chi connectivity index (χ3n) is 2.92. The van der Waals surface area contributed by atoms with Crippen molar-refractivity contribution in [2.75, 3.05) is 33.2 Å². The van der Waals surface area contributed by atoms with Gasteiger partial charge in [0.25, 0.3) is 0 Å². The molecular formula is C11H21N3O3. The standard InChI is InChI=1S/C11H21N3O3/c1-9-8-13(2)6-3-7-14(9)11(17)12-5-4-10(15)16/h9H,3-8H2,1-2H3,(H,12,17)(H,15,16). The highest BCUT2D eigenvalue weighted by Gasteiger charge is 2.23. The zero-order chi connectivity index (χ0) is 12.8. The topological polar surface area (TPSA) is 72.9 Å². The zero-order valence-corrected chi connectivity index (χ0v) is 10.5. The molecule has 0 bridgehead atoms. The van der Waals surface area contributed by atoms with E-state index in [1.54, 1.807) is 4.90 Å². The molecule has 1 fully saturated rings. The largest absolute Gasteiger partial charge is 0.481 e. The lowest BCUT2D eigenvalue weighted by atomic mass is 10.3. The van der Waals surface area contributed by atoms with Gasteiger partial charge in [-0.1, -0.05) is 0 Å². The van der Waals surface area contributed by atoms with Crippen molar-refractivity contribution in [3.8, 4) is 0 Å². The van der Waals surface area contributed by atoms with Crippen molar-refractivity contribution < 1.29 is 14.7 Å². The monoisotopic (exact) mass is 243 g/mol. The SMILES string of the molecule is CC1CN(C)CCCN1C(=O)NCCC(=O)O. The Morgan fingerprint density at radius 2 is 2.12 bits per heavy atom. The van der Waals surface area contributed by atoms with E-state index in [1.807, 2.05) is 14.0 Å². The molecule has 0 aliphatic carbocycles. The van der Waals surface area contributed by atoms with Gasteiger partial charge < -0.3 is 20.2 Å². The van der Waals surface area contributed by atoms with Gasteiger partial charge in [-0.05, 0) is 26.9 Å². The lowest BCUT2D eigenvalue weighted by Crippen LogP contribution is -2.47. The van der Waals surface area contributed by atoms with E-state index in [4.69, 9.17) is 5.11 Å². The summed E-state index contributed by atoms with van der Waals surface area (Å²) in [6, 6.07) is 0.00128. The number of aliphatic carboxylic acids is 1. The van der Waals surface area contributed by atoms with Crippen molar-refractivity contribution in [3.63, 3.8) is 0 Å². The van der Waals surface area contributed by atoms with Gasteiger partial charge >= 0.3 is 12.0 Å². The maximum absolute atomic E-state index is 11.9. The number of likely N-dealkylation sites (N-methyl/N-ethyl adjacent to an activating group) is 1. The highest BCUT2D eigenvalue weighted by atomic mass is 16.4. The third-order valence-corrected chi connectivity index (χ3v) is 2.92. The molecule has 0 saturated carbocycles. The summed E-state index contributed by atoms with van der Waals surface area (Å²) in [5, 5.41) is 11.1. The van der Waals surface area contributed by atoms with Crippen LogP contribution in [0.2, 0.25) is 0 Å². The van der Waals surface area contributed by atoms with Crippen molar-refractivity contribution in [2.45, 2.75) is 25.8 Å². The van der Waals surface area contributed by atoms with E-state index in [9.17, 15) is 9.59 Å². The number of hydrogen-bond donors (Lipinski definition) is 2. The van der Waals surface area contributed by atoms with Gasteiger partial charge in [-0.25, -0.2) is 4.79 Å². The molecule has 1 atom stereocenters. The maximum Gasteiger partial charge on any atom is 0.317 e. The van der Waals surface area contributed by atoms with E-state index in [2.05, 4.69) is 10.2 Å². The van der Waals surface area contributed by atoms with Crippen molar-refractivity contribution in [1.82, 2.24) is 15.1 Å². The molecule has 6 heteroatoms. The summed E-state index contributed by atoms with van der Waals surface area (Å²) in [5.41, 5.74) is 0. The summed E-state index contributed by atoms with van der Waals surface area (Å²) < 4.78 is 0. The number of amides is 2. The first-order valence-electron chi connectivity index (χ1n) is 5.95. The van der Waals surface area contributed by atoms with E-state index in [-0.39, 0.29) is 25.0 Å². The minimum Gasteiger partial charge on any atom is -0.481 e. The molecule has 0 aromatic carbocycles. The first kappa shape index (κ1) is 13.8. The number of carboxylic acid groups (broad SMARTS) is 1. The van der Waals surface area contributed by atoms with Gasteiger partial charge in [-0.15, -0.1) is 0 Å². The number of nitrogens with zero attached hydrogens (tertiary/aromatic N) is 2. The Labute approximate surface area is 102 Å². The second-order valence-electron chi connectivity index (χ2n) is 4.53. The maximum atomic E-state index is 11.9. The Hall–Kier alpha value is -1.30. The number of hydrogen-bond acceptors (Lipinski definition) is 3. The van der Waals surface area contributed by atoms with Crippen LogP contribution in [0.3, 0.4) is 0 Å². The molecule has 0 radical (unpaired) electrons. The van der Waals surface area contributed by atoms with Crippen LogP contribution < -0.4 is 5.32 Å². The summed E-state index contributed by atoms with van der Waals surface area (Å²) in [7, 11) is 2.04. The van der Waals surface area contributed by atoms with Crippen molar-refractivity contribution in [1.29, 1.82) is 0 Å². The summed E-state index contributed by atoms with van der Waals surface area (Å²) in [6.07, 6.45) is 0.918. The van der Waals surface area contributed by atoms with Crippen LogP contribution in [0.4, 0.5) is 4.79 Å². The second kappa shape index (κ2) is 6.44. The van der Waals surface area contributed by atoms with Gasteiger partial charge in [0.05, 0.1) is 6.42 Å². The van der Waals surface area contributed by atoms with E-state index >= 15 is 0 Å². The zero-order valence-electron chi connectivity index (χ0n) is 10.5. The molecule has 0 aromatic rings. The van der Waals surface area contributed by atoms with Crippen LogP contribution >= 0.6 is 0 Å². The van der Waals surface area contributed by atoms with Crippen LogP contribution in [0.15, 0.2) is 0 Å². The predicted octanol–water partition coefficient (Wildman–Crippen LogP) is 0.197. The normalized spacial score (nSPS) is 22.0. The molecule has 1 aliphatic heterocycles. The van der Waals surface area contributed by atoms with E-state index < -0.39 is 5.97 Å². The van der Waals surface area contributed by atoms with Crippen LogP contribution in [0, 0.1) is 0 Å². The van der Waals surface area contributed by atoms with Gasteiger partial charge in [-0.3, -0.25) is 4.79 Å². The average molecular weight is 243 g/mol. The molecule has 1 unspecified atom stereocenters. The van der Waals surface area contributed by atoms with Crippen LogP contribution in [0.1, 0.15) is 19.8 Å². The number of carbonyl (C=O) groups excluding carboxylic acids is 1. The predicted molar refractivity (Wildman–Crippen MR) is 63.9 cm³/mol. The fourth-order valence-electron chi connectivity index (χ4n) is 2.05. The molecule has 98 valence electrons. The average Bonchev–Trinajstić information content (AvgIpc) is 2.38. The lowest BCUT2D eigenvalue weighted by Gasteiger charge is -2.28. The first-order chi connectivity index (χ1) is 8.00. The molecule has 0 spiro atoms. The third kappa shape index (κ3) is 4.60. The molecular weight excluding hydrogens is 222 g/mol. The second-order valence-corrected chi connectivity index (χ2v) is 4.53. The molecule has 2 N–H and O–H groups in total. The Morgan fingerprint density at radius 1 is 1.41 bits per heavy atom. The van der Waals surface area contributed by atoms with E-state index in [1.165, 1.54) is 0 Å². The highest BCUT2D eigenvalue weighted by molar-refractivity contribution is 5.75. The Balaban J connectivity index is 2.41. The summed E-state index contributed by atoms with van der Waals surface area (Å²) >= 11 is 0. The number of carbonyl (C=O) groups is 2. The molecule has 17 heavy (non-hydrogen) atoms. The van der Waals surface area contributed by atoms with Crippen LogP contribution in [0.25, 0.3) is 0 Å². The summed E-state index contributed by atoms with van der Waals surface area (Å²) in [4.78, 5) is 26.2. The molecule has 0 aromatic heterocycles. The number of rotatable bonds is 3. The van der Waals surface area contributed by atoms with Gasteiger partial charge in [0, 0.05) is 25.7 Å². The van der Waals surface area contributed by atoms with Gasteiger partial charge in [-0.2, -0.15) is 0 Å². The quantitative estimate of drug-likeness (QED) is 0.742. The molecule has 1 saturated heterocycles. The minimum absolute atomic E-state index is 0.0339. The lowest BCUT2D eigenvalue weighted by molar-refractivity contribution is -0.136. The molecule has 1 aliphatic rings. The van der Waals surface area contributed by atoms with Crippen molar-refractivity contribution >= 4 is 12.0 Å². The van der Waals surface area contributed by atoms with Crippen LogP contribution in [0.5, 0.6) is 0 Å². The number of nitrogens with one attached hydrogen (secondary N) is 1. The minimum atomic E-state index is -0.894. The van der Waals surface area contributed by atoms with E-state index in [0.717, 1.165) is 26.1 Å². The molecule has 1 heterocycles. The molecule has 6 nitrogen and oxygen atoms in total. The summed E-state index contributed by atoms with van der Waals surface area (Å²) in [5.74, 6) is -0.894. The smallest absolute Gasteiger partial charge is 0.317 e. The van der Waals surface area contributed by atoms with Crippen LogP contribution in [-0.4, -0.2) is 66.2 Å². The fourth-order valence-corrected chi connectivity index (χ4v) is 2.05.